The fourth-order valence-corrected chi connectivity index (χ4v) is 3.08. The molecule has 0 radical (unpaired) electrons. The van der Waals surface area contributed by atoms with Gasteiger partial charge >= 0.3 is 6.03 Å². The number of carbonyl (C=O) groups is 1. The highest BCUT2D eigenvalue weighted by Crippen LogP contribution is 2.40. The minimum atomic E-state index is -3.82. The zero-order valence-electron chi connectivity index (χ0n) is 12.6. The standard InChI is InChI=1S/C16H16FN3O3S/c17-11-6-4-10(5-7-11)14-9-15(14)20-16(21)19-12-2-1-3-13(8-12)24(18,22)23/h1-8,14-15H,9H2,(H2,18,22,23)(H2,19,20,21)/t14-,15+/m0/s1. The molecule has 1 aliphatic carbocycles. The van der Waals surface area contributed by atoms with Gasteiger partial charge in [0.05, 0.1) is 4.90 Å². The van der Waals surface area contributed by atoms with Crippen molar-refractivity contribution in [3.8, 4) is 0 Å². The first-order valence-corrected chi connectivity index (χ1v) is 8.83. The van der Waals surface area contributed by atoms with Crippen molar-refractivity contribution in [1.82, 2.24) is 5.32 Å². The lowest BCUT2D eigenvalue weighted by molar-refractivity contribution is 0.251. The lowest BCUT2D eigenvalue weighted by Crippen LogP contribution is -2.31. The largest absolute Gasteiger partial charge is 0.334 e. The fourth-order valence-electron chi connectivity index (χ4n) is 2.52. The van der Waals surface area contributed by atoms with E-state index in [1.165, 1.54) is 30.3 Å². The molecule has 1 saturated carbocycles. The second-order valence-electron chi connectivity index (χ2n) is 5.67. The molecule has 0 aromatic heterocycles. The van der Waals surface area contributed by atoms with Crippen LogP contribution in [0.5, 0.6) is 0 Å². The molecule has 126 valence electrons. The van der Waals surface area contributed by atoms with Crippen LogP contribution in [0.2, 0.25) is 0 Å². The summed E-state index contributed by atoms with van der Waals surface area (Å²) in [6.45, 7) is 0. The first kappa shape index (κ1) is 16.4. The third-order valence-corrected chi connectivity index (χ3v) is 4.74. The Morgan fingerprint density at radius 3 is 2.54 bits per heavy atom. The van der Waals surface area contributed by atoms with E-state index in [1.807, 2.05) is 0 Å². The fraction of sp³-hybridized carbons (Fsp3) is 0.188. The maximum Gasteiger partial charge on any atom is 0.319 e. The highest BCUT2D eigenvalue weighted by molar-refractivity contribution is 7.89. The van der Waals surface area contributed by atoms with Crippen molar-refractivity contribution >= 4 is 21.7 Å². The lowest BCUT2D eigenvalue weighted by Gasteiger charge is -2.08. The van der Waals surface area contributed by atoms with Gasteiger partial charge in [0, 0.05) is 17.6 Å². The maximum atomic E-state index is 12.9. The SMILES string of the molecule is NS(=O)(=O)c1cccc(NC(=O)N[C@@H]2C[C@H]2c2ccc(F)cc2)c1. The van der Waals surface area contributed by atoms with Crippen molar-refractivity contribution < 1.29 is 17.6 Å². The van der Waals surface area contributed by atoms with Gasteiger partial charge in [0.1, 0.15) is 5.82 Å². The normalized spacial score (nSPS) is 19.6. The summed E-state index contributed by atoms with van der Waals surface area (Å²) in [5.74, 6) is -0.136. The van der Waals surface area contributed by atoms with Crippen LogP contribution in [0.15, 0.2) is 53.4 Å². The van der Waals surface area contributed by atoms with Gasteiger partial charge in [0.25, 0.3) is 0 Å². The second-order valence-corrected chi connectivity index (χ2v) is 7.23. The minimum absolute atomic E-state index is 0.0307. The van der Waals surface area contributed by atoms with Crippen LogP contribution in [0.3, 0.4) is 0 Å². The van der Waals surface area contributed by atoms with E-state index in [9.17, 15) is 17.6 Å². The third kappa shape index (κ3) is 3.90. The van der Waals surface area contributed by atoms with Crippen molar-refractivity contribution in [1.29, 1.82) is 0 Å². The van der Waals surface area contributed by atoms with E-state index in [-0.39, 0.29) is 22.7 Å². The number of rotatable bonds is 4. The van der Waals surface area contributed by atoms with Crippen LogP contribution in [0.1, 0.15) is 17.9 Å². The summed E-state index contributed by atoms with van der Waals surface area (Å²) in [7, 11) is -3.82. The highest BCUT2D eigenvalue weighted by atomic mass is 32.2. The molecule has 3 rings (SSSR count). The predicted octanol–water partition coefficient (Wildman–Crippen LogP) is 2.15. The predicted molar refractivity (Wildman–Crippen MR) is 87.5 cm³/mol. The Kier molecular flexibility index (Phi) is 4.25. The molecule has 2 aromatic rings. The van der Waals surface area contributed by atoms with Gasteiger partial charge in [-0.25, -0.2) is 22.7 Å². The molecule has 2 amide bonds. The molecule has 2 atom stereocenters. The summed E-state index contributed by atoms with van der Waals surface area (Å²) in [6, 6.07) is 11.4. The van der Waals surface area contributed by atoms with Crippen molar-refractivity contribution in [3.63, 3.8) is 0 Å². The number of halogens is 1. The van der Waals surface area contributed by atoms with Crippen LogP contribution < -0.4 is 15.8 Å². The Hall–Kier alpha value is -2.45. The molecule has 0 spiro atoms. The molecular formula is C16H16FN3O3S. The Morgan fingerprint density at radius 2 is 1.88 bits per heavy atom. The van der Waals surface area contributed by atoms with Gasteiger partial charge in [-0.15, -0.1) is 0 Å². The first-order chi connectivity index (χ1) is 11.3. The summed E-state index contributed by atoms with van der Waals surface area (Å²) in [5.41, 5.74) is 1.30. The summed E-state index contributed by atoms with van der Waals surface area (Å²) in [6.07, 6.45) is 0.774. The van der Waals surface area contributed by atoms with Crippen LogP contribution in [0, 0.1) is 5.82 Å². The number of nitrogens with one attached hydrogen (secondary N) is 2. The van der Waals surface area contributed by atoms with E-state index < -0.39 is 16.1 Å². The Bertz CT molecular complexity index is 868. The zero-order chi connectivity index (χ0) is 17.3. The van der Waals surface area contributed by atoms with Gasteiger partial charge in [-0.05, 0) is 42.3 Å². The van der Waals surface area contributed by atoms with Gasteiger partial charge in [-0.3, -0.25) is 0 Å². The number of anilines is 1. The van der Waals surface area contributed by atoms with Crippen LogP contribution in [0.4, 0.5) is 14.9 Å². The van der Waals surface area contributed by atoms with E-state index in [4.69, 9.17) is 5.14 Å². The Morgan fingerprint density at radius 1 is 1.17 bits per heavy atom. The van der Waals surface area contributed by atoms with Gasteiger partial charge in [0.2, 0.25) is 10.0 Å². The van der Waals surface area contributed by atoms with Crippen LogP contribution in [0.25, 0.3) is 0 Å². The highest BCUT2D eigenvalue weighted by Gasteiger charge is 2.39. The van der Waals surface area contributed by atoms with E-state index in [1.54, 1.807) is 18.2 Å². The van der Waals surface area contributed by atoms with E-state index in [2.05, 4.69) is 10.6 Å². The number of hydrogen-bond donors (Lipinski definition) is 3. The molecule has 0 saturated heterocycles. The number of primary sulfonamides is 1. The molecule has 8 heteroatoms. The number of urea groups is 1. The molecular weight excluding hydrogens is 333 g/mol. The van der Waals surface area contributed by atoms with Crippen molar-refractivity contribution in [2.75, 3.05) is 5.32 Å². The average Bonchev–Trinajstić information content (AvgIpc) is 3.26. The number of amides is 2. The van der Waals surface area contributed by atoms with Crippen molar-refractivity contribution in [2.45, 2.75) is 23.3 Å². The zero-order valence-corrected chi connectivity index (χ0v) is 13.4. The number of carbonyl (C=O) groups excluding carboxylic acids is 1. The number of nitrogens with two attached hydrogens (primary N) is 1. The van der Waals surface area contributed by atoms with Crippen LogP contribution in [-0.4, -0.2) is 20.5 Å². The maximum absolute atomic E-state index is 12.9. The second kappa shape index (κ2) is 6.21. The molecule has 6 nitrogen and oxygen atoms in total. The average molecular weight is 349 g/mol. The lowest BCUT2D eigenvalue weighted by atomic mass is 10.1. The monoisotopic (exact) mass is 349 g/mol. The first-order valence-electron chi connectivity index (χ1n) is 7.29. The van der Waals surface area contributed by atoms with E-state index >= 15 is 0 Å². The molecule has 24 heavy (non-hydrogen) atoms. The number of benzene rings is 2. The van der Waals surface area contributed by atoms with Crippen molar-refractivity contribution in [3.05, 3.63) is 59.9 Å². The van der Waals surface area contributed by atoms with E-state index in [0.29, 0.717) is 5.69 Å². The van der Waals surface area contributed by atoms with Crippen molar-refractivity contribution in [2.24, 2.45) is 5.14 Å². The Balaban J connectivity index is 1.58. The molecule has 1 fully saturated rings. The molecule has 0 unspecified atom stereocenters. The molecule has 0 heterocycles. The van der Waals surface area contributed by atoms with Crippen LogP contribution in [-0.2, 0) is 10.0 Å². The van der Waals surface area contributed by atoms with Gasteiger partial charge in [-0.1, -0.05) is 18.2 Å². The molecule has 2 aromatic carbocycles. The van der Waals surface area contributed by atoms with Gasteiger partial charge in [-0.2, -0.15) is 0 Å². The third-order valence-electron chi connectivity index (χ3n) is 3.83. The summed E-state index contributed by atoms with van der Waals surface area (Å²) in [4.78, 5) is 11.9. The Labute approximate surface area is 138 Å². The summed E-state index contributed by atoms with van der Waals surface area (Å²) >= 11 is 0. The quantitative estimate of drug-likeness (QED) is 0.788. The van der Waals surface area contributed by atoms with Crippen LogP contribution >= 0.6 is 0 Å². The topological polar surface area (TPSA) is 101 Å². The minimum Gasteiger partial charge on any atom is -0.334 e. The van der Waals surface area contributed by atoms with E-state index in [0.717, 1.165) is 12.0 Å². The van der Waals surface area contributed by atoms with Gasteiger partial charge in [0.15, 0.2) is 0 Å². The summed E-state index contributed by atoms with van der Waals surface area (Å²) in [5, 5.41) is 10.4. The molecule has 1 aliphatic rings. The molecule has 0 aliphatic heterocycles. The summed E-state index contributed by atoms with van der Waals surface area (Å²) < 4.78 is 35.5. The van der Waals surface area contributed by atoms with Gasteiger partial charge < -0.3 is 10.6 Å². The number of sulfonamides is 1. The smallest absolute Gasteiger partial charge is 0.319 e. The number of hydrogen-bond acceptors (Lipinski definition) is 3. The molecule has 4 N–H and O–H groups in total. The molecule has 0 bridgehead atoms.